The minimum absolute atomic E-state index is 0.0717. The van der Waals surface area contributed by atoms with Crippen LogP contribution in [-0.4, -0.2) is 11.7 Å². The molecule has 18 heavy (non-hydrogen) atoms. The van der Waals surface area contributed by atoms with Crippen LogP contribution in [0.1, 0.15) is 11.6 Å². The van der Waals surface area contributed by atoms with Gasteiger partial charge in [0.25, 0.3) is 0 Å². The highest BCUT2D eigenvalue weighted by Crippen LogP contribution is 2.22. The predicted molar refractivity (Wildman–Crippen MR) is 71.3 cm³/mol. The van der Waals surface area contributed by atoms with Gasteiger partial charge in [-0.2, -0.15) is 0 Å². The lowest BCUT2D eigenvalue weighted by Gasteiger charge is -2.18. The van der Waals surface area contributed by atoms with Crippen LogP contribution in [0.3, 0.4) is 0 Å². The van der Waals surface area contributed by atoms with E-state index in [0.29, 0.717) is 5.02 Å². The molecule has 1 atom stereocenters. The lowest BCUT2D eigenvalue weighted by molar-refractivity contribution is 0.276. The Bertz CT molecular complexity index is 515. The molecule has 0 heterocycles. The zero-order valence-corrected chi connectivity index (χ0v) is 10.4. The van der Waals surface area contributed by atoms with Gasteiger partial charge in [0.2, 0.25) is 0 Å². The van der Waals surface area contributed by atoms with E-state index in [9.17, 15) is 9.50 Å². The van der Waals surface area contributed by atoms with Gasteiger partial charge in [0.05, 0.1) is 12.6 Å². The molecule has 2 nitrogen and oxygen atoms in total. The van der Waals surface area contributed by atoms with Gasteiger partial charge in [0, 0.05) is 10.7 Å². The summed E-state index contributed by atoms with van der Waals surface area (Å²) in [5.41, 5.74) is 1.63. The van der Waals surface area contributed by atoms with Crippen LogP contribution in [0.4, 0.5) is 10.1 Å². The third-order valence-corrected chi connectivity index (χ3v) is 2.85. The van der Waals surface area contributed by atoms with Crippen LogP contribution < -0.4 is 5.32 Å². The number of hydrogen-bond acceptors (Lipinski definition) is 2. The molecule has 0 saturated heterocycles. The van der Waals surface area contributed by atoms with Crippen LogP contribution in [-0.2, 0) is 0 Å². The van der Waals surface area contributed by atoms with E-state index in [1.54, 1.807) is 24.3 Å². The maximum absolute atomic E-state index is 12.8. The summed E-state index contributed by atoms with van der Waals surface area (Å²) in [4.78, 5) is 0. The van der Waals surface area contributed by atoms with Gasteiger partial charge in [-0.25, -0.2) is 4.39 Å². The first-order valence-corrected chi connectivity index (χ1v) is 5.95. The fourth-order valence-corrected chi connectivity index (χ4v) is 1.90. The SMILES string of the molecule is OCC(Nc1ccc(F)cc1)c1cccc(Cl)c1. The zero-order valence-electron chi connectivity index (χ0n) is 9.61. The molecule has 0 spiro atoms. The van der Waals surface area contributed by atoms with Crippen LogP contribution >= 0.6 is 11.6 Å². The van der Waals surface area contributed by atoms with Crippen molar-refractivity contribution in [1.29, 1.82) is 0 Å². The third-order valence-electron chi connectivity index (χ3n) is 2.62. The molecule has 2 rings (SSSR count). The van der Waals surface area contributed by atoms with Gasteiger partial charge in [0.1, 0.15) is 5.82 Å². The maximum atomic E-state index is 12.8. The number of benzene rings is 2. The summed E-state index contributed by atoms with van der Waals surface area (Å²) < 4.78 is 12.8. The topological polar surface area (TPSA) is 32.3 Å². The summed E-state index contributed by atoms with van der Waals surface area (Å²) in [5, 5.41) is 13.1. The largest absolute Gasteiger partial charge is 0.394 e. The second-order valence-corrected chi connectivity index (χ2v) is 4.38. The zero-order chi connectivity index (χ0) is 13.0. The Labute approximate surface area is 110 Å². The van der Waals surface area contributed by atoms with E-state index < -0.39 is 0 Å². The second kappa shape index (κ2) is 5.85. The molecule has 0 fully saturated rings. The van der Waals surface area contributed by atoms with Gasteiger partial charge < -0.3 is 10.4 Å². The first-order valence-electron chi connectivity index (χ1n) is 5.57. The first kappa shape index (κ1) is 12.9. The Morgan fingerprint density at radius 2 is 1.89 bits per heavy atom. The van der Waals surface area contributed by atoms with E-state index in [0.717, 1.165) is 11.3 Å². The Kier molecular flexibility index (Phi) is 4.18. The number of halogens is 2. The highest BCUT2D eigenvalue weighted by molar-refractivity contribution is 6.30. The van der Waals surface area contributed by atoms with E-state index >= 15 is 0 Å². The Hall–Kier alpha value is -1.58. The lowest BCUT2D eigenvalue weighted by atomic mass is 10.1. The van der Waals surface area contributed by atoms with Gasteiger partial charge in [0.15, 0.2) is 0 Å². The minimum atomic E-state index is -0.288. The summed E-state index contributed by atoms with van der Waals surface area (Å²) >= 11 is 5.91. The molecule has 0 saturated carbocycles. The van der Waals surface area contributed by atoms with Gasteiger partial charge >= 0.3 is 0 Å². The number of hydrogen-bond donors (Lipinski definition) is 2. The van der Waals surface area contributed by atoms with Gasteiger partial charge in [-0.1, -0.05) is 23.7 Å². The second-order valence-electron chi connectivity index (χ2n) is 3.94. The van der Waals surface area contributed by atoms with Crippen molar-refractivity contribution >= 4 is 17.3 Å². The van der Waals surface area contributed by atoms with Crippen LogP contribution in [0, 0.1) is 5.82 Å². The minimum Gasteiger partial charge on any atom is -0.394 e. The molecule has 0 aliphatic rings. The molecule has 94 valence electrons. The predicted octanol–water partition coefficient (Wildman–Crippen LogP) is 3.62. The number of aliphatic hydroxyl groups is 1. The molecule has 0 aliphatic carbocycles. The van der Waals surface area contributed by atoms with Crippen LogP contribution in [0.5, 0.6) is 0 Å². The van der Waals surface area contributed by atoms with Crippen molar-refractivity contribution in [1.82, 2.24) is 0 Å². The summed E-state index contributed by atoms with van der Waals surface area (Å²) in [6, 6.07) is 13.0. The molecular formula is C14H13ClFNO. The molecule has 1 unspecified atom stereocenters. The van der Waals surface area contributed by atoms with Gasteiger partial charge in [-0.3, -0.25) is 0 Å². The van der Waals surface area contributed by atoms with Crippen LogP contribution in [0.15, 0.2) is 48.5 Å². The van der Waals surface area contributed by atoms with Crippen molar-refractivity contribution in [2.45, 2.75) is 6.04 Å². The van der Waals surface area contributed by atoms with Crippen molar-refractivity contribution in [3.8, 4) is 0 Å². The highest BCUT2D eigenvalue weighted by atomic mass is 35.5. The molecule has 2 N–H and O–H groups in total. The summed E-state index contributed by atoms with van der Waals surface area (Å²) in [5.74, 6) is -0.288. The van der Waals surface area contributed by atoms with E-state index in [1.165, 1.54) is 12.1 Å². The van der Waals surface area contributed by atoms with E-state index in [-0.39, 0.29) is 18.5 Å². The number of rotatable bonds is 4. The van der Waals surface area contributed by atoms with Crippen LogP contribution in [0.25, 0.3) is 0 Å². The van der Waals surface area contributed by atoms with E-state index in [4.69, 9.17) is 11.6 Å². The molecule has 2 aromatic rings. The molecule has 4 heteroatoms. The Morgan fingerprint density at radius 1 is 1.17 bits per heavy atom. The summed E-state index contributed by atoms with van der Waals surface area (Å²) in [7, 11) is 0. The number of aliphatic hydroxyl groups excluding tert-OH is 1. The number of nitrogens with one attached hydrogen (secondary N) is 1. The molecule has 2 aromatic carbocycles. The normalized spacial score (nSPS) is 12.2. The Morgan fingerprint density at radius 3 is 2.50 bits per heavy atom. The molecule has 0 aromatic heterocycles. The fourth-order valence-electron chi connectivity index (χ4n) is 1.71. The van der Waals surface area contributed by atoms with Crippen molar-refractivity contribution in [2.24, 2.45) is 0 Å². The quantitative estimate of drug-likeness (QED) is 0.885. The molecular weight excluding hydrogens is 253 g/mol. The standard InChI is InChI=1S/C14H13ClFNO/c15-11-3-1-2-10(8-11)14(9-18)17-13-6-4-12(16)5-7-13/h1-8,14,17-18H,9H2. The van der Waals surface area contributed by atoms with E-state index in [1.807, 2.05) is 12.1 Å². The fraction of sp³-hybridized carbons (Fsp3) is 0.143. The smallest absolute Gasteiger partial charge is 0.123 e. The molecule has 0 bridgehead atoms. The van der Waals surface area contributed by atoms with Gasteiger partial charge in [-0.05, 0) is 42.0 Å². The highest BCUT2D eigenvalue weighted by Gasteiger charge is 2.10. The molecule has 0 radical (unpaired) electrons. The molecule has 0 aliphatic heterocycles. The lowest BCUT2D eigenvalue weighted by Crippen LogP contribution is -2.14. The number of anilines is 1. The van der Waals surface area contributed by atoms with Crippen molar-refractivity contribution in [2.75, 3.05) is 11.9 Å². The Balaban J connectivity index is 2.17. The maximum Gasteiger partial charge on any atom is 0.123 e. The van der Waals surface area contributed by atoms with Crippen molar-refractivity contribution in [3.05, 3.63) is 64.9 Å². The molecule has 0 amide bonds. The first-order chi connectivity index (χ1) is 8.69. The van der Waals surface area contributed by atoms with Gasteiger partial charge in [-0.15, -0.1) is 0 Å². The van der Waals surface area contributed by atoms with Crippen molar-refractivity contribution < 1.29 is 9.50 Å². The van der Waals surface area contributed by atoms with Crippen LogP contribution in [0.2, 0.25) is 5.02 Å². The average molecular weight is 266 g/mol. The average Bonchev–Trinajstić information content (AvgIpc) is 2.38. The monoisotopic (exact) mass is 265 g/mol. The summed E-state index contributed by atoms with van der Waals surface area (Å²) in [6.45, 7) is -0.0717. The summed E-state index contributed by atoms with van der Waals surface area (Å²) in [6.07, 6.45) is 0. The van der Waals surface area contributed by atoms with E-state index in [2.05, 4.69) is 5.32 Å². The third kappa shape index (κ3) is 3.22. The van der Waals surface area contributed by atoms with Crippen molar-refractivity contribution in [3.63, 3.8) is 0 Å².